The standard InChI is InChI=1S/C15H23NO4S/c1-13(7-8-15(17)18)9-11-16-21(19,20)12-10-14-5-3-2-4-6-14/h2-6,13,16H,7-12H2,1H3,(H,17,18). The van der Waals surface area contributed by atoms with Crippen LogP contribution in [0.25, 0.3) is 0 Å². The zero-order valence-corrected chi connectivity index (χ0v) is 13.1. The minimum atomic E-state index is -3.27. The van der Waals surface area contributed by atoms with Crippen LogP contribution in [-0.4, -0.2) is 31.8 Å². The molecule has 1 unspecified atom stereocenters. The SMILES string of the molecule is CC(CCNS(=O)(=O)CCc1ccccc1)CCC(=O)O. The van der Waals surface area contributed by atoms with Gasteiger partial charge in [0.15, 0.2) is 0 Å². The number of carbonyl (C=O) groups is 1. The van der Waals surface area contributed by atoms with Crippen LogP contribution in [0.3, 0.4) is 0 Å². The number of aliphatic carboxylic acids is 1. The van der Waals surface area contributed by atoms with E-state index in [1.54, 1.807) is 0 Å². The van der Waals surface area contributed by atoms with Crippen molar-refractivity contribution in [2.75, 3.05) is 12.3 Å². The van der Waals surface area contributed by atoms with Gasteiger partial charge < -0.3 is 5.11 Å². The van der Waals surface area contributed by atoms with Crippen molar-refractivity contribution >= 4 is 16.0 Å². The summed E-state index contributed by atoms with van der Waals surface area (Å²) in [6.07, 6.45) is 1.84. The van der Waals surface area contributed by atoms with E-state index in [2.05, 4.69) is 4.72 Å². The second-order valence-electron chi connectivity index (χ2n) is 5.28. The van der Waals surface area contributed by atoms with Crippen LogP contribution in [0.15, 0.2) is 30.3 Å². The third kappa shape index (κ3) is 8.47. The maximum Gasteiger partial charge on any atom is 0.303 e. The molecule has 0 saturated heterocycles. The van der Waals surface area contributed by atoms with Crippen LogP contribution in [0, 0.1) is 5.92 Å². The van der Waals surface area contributed by atoms with Gasteiger partial charge in [-0.25, -0.2) is 13.1 Å². The highest BCUT2D eigenvalue weighted by atomic mass is 32.2. The molecule has 0 aliphatic rings. The summed E-state index contributed by atoms with van der Waals surface area (Å²) in [5, 5.41) is 8.58. The maximum atomic E-state index is 11.8. The average Bonchev–Trinajstić information content (AvgIpc) is 2.44. The van der Waals surface area contributed by atoms with Gasteiger partial charge in [-0.15, -0.1) is 0 Å². The second kappa shape index (κ2) is 8.79. The van der Waals surface area contributed by atoms with Gasteiger partial charge in [0.1, 0.15) is 0 Å². The molecule has 0 amide bonds. The van der Waals surface area contributed by atoms with Gasteiger partial charge in [0.2, 0.25) is 10.0 Å². The normalized spacial score (nSPS) is 13.0. The molecule has 2 N–H and O–H groups in total. The molecule has 0 saturated carbocycles. The van der Waals surface area contributed by atoms with Crippen molar-refractivity contribution in [2.24, 2.45) is 5.92 Å². The number of rotatable bonds is 10. The Bertz CT molecular complexity index is 528. The van der Waals surface area contributed by atoms with Gasteiger partial charge >= 0.3 is 5.97 Å². The molecule has 0 bridgehead atoms. The van der Waals surface area contributed by atoms with E-state index < -0.39 is 16.0 Å². The summed E-state index contributed by atoms with van der Waals surface area (Å²) < 4.78 is 26.3. The maximum absolute atomic E-state index is 11.8. The summed E-state index contributed by atoms with van der Waals surface area (Å²) in [5.41, 5.74) is 0.998. The number of carboxylic acids is 1. The third-order valence-electron chi connectivity index (χ3n) is 3.31. The van der Waals surface area contributed by atoms with E-state index in [-0.39, 0.29) is 18.1 Å². The molecule has 6 heteroatoms. The highest BCUT2D eigenvalue weighted by Crippen LogP contribution is 2.09. The van der Waals surface area contributed by atoms with E-state index in [4.69, 9.17) is 5.11 Å². The van der Waals surface area contributed by atoms with Crippen molar-refractivity contribution in [1.82, 2.24) is 4.72 Å². The van der Waals surface area contributed by atoms with Crippen molar-refractivity contribution in [2.45, 2.75) is 32.6 Å². The summed E-state index contributed by atoms with van der Waals surface area (Å²) in [6, 6.07) is 9.49. The Morgan fingerprint density at radius 3 is 2.52 bits per heavy atom. The summed E-state index contributed by atoms with van der Waals surface area (Å²) in [5.74, 6) is -0.552. The predicted octanol–water partition coefficient (Wildman–Crippen LogP) is 2.04. The third-order valence-corrected chi connectivity index (χ3v) is 4.70. The zero-order valence-electron chi connectivity index (χ0n) is 12.3. The Kier molecular flexibility index (Phi) is 7.39. The fourth-order valence-corrected chi connectivity index (χ4v) is 3.02. The molecule has 1 aromatic rings. The summed E-state index contributed by atoms with van der Waals surface area (Å²) in [7, 11) is -3.27. The van der Waals surface area contributed by atoms with Gasteiger partial charge in [-0.3, -0.25) is 4.79 Å². The van der Waals surface area contributed by atoms with E-state index >= 15 is 0 Å². The molecule has 0 aromatic heterocycles. The molecule has 0 heterocycles. The molecule has 0 aliphatic heterocycles. The van der Waals surface area contributed by atoms with Crippen LogP contribution in [0.1, 0.15) is 31.7 Å². The van der Waals surface area contributed by atoms with Gasteiger partial charge in [-0.1, -0.05) is 37.3 Å². The smallest absolute Gasteiger partial charge is 0.303 e. The number of carboxylic acid groups (broad SMARTS) is 1. The predicted molar refractivity (Wildman–Crippen MR) is 82.6 cm³/mol. The molecule has 118 valence electrons. The Hall–Kier alpha value is -1.40. The first-order chi connectivity index (χ1) is 9.89. The number of benzene rings is 1. The van der Waals surface area contributed by atoms with Crippen LogP contribution in [0.4, 0.5) is 0 Å². The lowest BCUT2D eigenvalue weighted by Gasteiger charge is -2.11. The molecule has 5 nitrogen and oxygen atoms in total. The topological polar surface area (TPSA) is 83.5 Å². The fraction of sp³-hybridized carbons (Fsp3) is 0.533. The molecule has 0 radical (unpaired) electrons. The molecule has 1 aromatic carbocycles. The molecular formula is C15H23NO4S. The molecular weight excluding hydrogens is 290 g/mol. The first kappa shape index (κ1) is 17.7. The Morgan fingerprint density at radius 1 is 1.24 bits per heavy atom. The van der Waals surface area contributed by atoms with Gasteiger partial charge in [0, 0.05) is 13.0 Å². The van der Waals surface area contributed by atoms with E-state index in [0.717, 1.165) is 5.56 Å². The summed E-state index contributed by atoms with van der Waals surface area (Å²) in [6.45, 7) is 2.29. The highest BCUT2D eigenvalue weighted by molar-refractivity contribution is 7.89. The van der Waals surface area contributed by atoms with Crippen LogP contribution in [0.2, 0.25) is 0 Å². The molecule has 1 atom stereocenters. The molecule has 21 heavy (non-hydrogen) atoms. The lowest BCUT2D eigenvalue weighted by atomic mass is 10.0. The fourth-order valence-electron chi connectivity index (χ4n) is 1.94. The summed E-state index contributed by atoms with van der Waals surface area (Å²) >= 11 is 0. The second-order valence-corrected chi connectivity index (χ2v) is 7.20. The van der Waals surface area contributed by atoms with Crippen molar-refractivity contribution in [1.29, 1.82) is 0 Å². The largest absolute Gasteiger partial charge is 0.481 e. The van der Waals surface area contributed by atoms with E-state index in [1.165, 1.54) is 0 Å². The minimum Gasteiger partial charge on any atom is -0.481 e. The zero-order chi connectivity index (χ0) is 15.7. The van der Waals surface area contributed by atoms with Crippen LogP contribution in [-0.2, 0) is 21.2 Å². The number of hydrogen-bond acceptors (Lipinski definition) is 3. The lowest BCUT2D eigenvalue weighted by molar-refractivity contribution is -0.137. The van der Waals surface area contributed by atoms with Crippen molar-refractivity contribution in [3.63, 3.8) is 0 Å². The first-order valence-corrected chi connectivity index (χ1v) is 8.77. The molecule has 0 fully saturated rings. The Labute approximate surface area is 126 Å². The van der Waals surface area contributed by atoms with Gasteiger partial charge in [0.05, 0.1) is 5.75 Å². The quantitative estimate of drug-likeness (QED) is 0.692. The molecule has 0 aliphatic carbocycles. The van der Waals surface area contributed by atoms with Crippen LogP contribution >= 0.6 is 0 Å². The van der Waals surface area contributed by atoms with Gasteiger partial charge in [-0.05, 0) is 30.7 Å². The van der Waals surface area contributed by atoms with Crippen LogP contribution < -0.4 is 4.72 Å². The van der Waals surface area contributed by atoms with Crippen LogP contribution in [0.5, 0.6) is 0 Å². The number of nitrogens with one attached hydrogen (secondary N) is 1. The highest BCUT2D eigenvalue weighted by Gasteiger charge is 2.11. The van der Waals surface area contributed by atoms with Gasteiger partial charge in [-0.2, -0.15) is 0 Å². The summed E-state index contributed by atoms with van der Waals surface area (Å²) in [4.78, 5) is 10.4. The van der Waals surface area contributed by atoms with Crippen molar-refractivity contribution < 1.29 is 18.3 Å². The average molecular weight is 313 g/mol. The van der Waals surface area contributed by atoms with E-state index in [0.29, 0.717) is 25.8 Å². The monoisotopic (exact) mass is 313 g/mol. The Morgan fingerprint density at radius 2 is 1.90 bits per heavy atom. The van der Waals surface area contributed by atoms with Crippen molar-refractivity contribution in [3.8, 4) is 0 Å². The van der Waals surface area contributed by atoms with E-state index in [1.807, 2.05) is 37.3 Å². The number of sulfonamides is 1. The lowest BCUT2D eigenvalue weighted by Crippen LogP contribution is -2.29. The van der Waals surface area contributed by atoms with E-state index in [9.17, 15) is 13.2 Å². The minimum absolute atomic E-state index is 0.0700. The number of hydrogen-bond donors (Lipinski definition) is 2. The van der Waals surface area contributed by atoms with Crippen molar-refractivity contribution in [3.05, 3.63) is 35.9 Å². The molecule has 0 spiro atoms. The Balaban J connectivity index is 2.25. The number of aryl methyl sites for hydroxylation is 1. The molecule has 1 rings (SSSR count). The first-order valence-electron chi connectivity index (χ1n) is 7.12. The van der Waals surface area contributed by atoms with Gasteiger partial charge in [0.25, 0.3) is 0 Å².